The van der Waals surface area contributed by atoms with Crippen molar-refractivity contribution in [1.29, 1.82) is 0 Å². The fraction of sp³-hybridized carbons (Fsp3) is 0.333. The summed E-state index contributed by atoms with van der Waals surface area (Å²) in [7, 11) is 0. The molecule has 1 aromatic carbocycles. The number of aryl methyl sites for hydroxylation is 1. The molecule has 136 valence electrons. The lowest BCUT2D eigenvalue weighted by Gasteiger charge is -2.14. The average Bonchev–Trinajstić information content (AvgIpc) is 3.14. The molecule has 0 aliphatic heterocycles. The zero-order chi connectivity index (χ0) is 18.5. The van der Waals surface area contributed by atoms with Gasteiger partial charge in [0.05, 0.1) is 5.52 Å². The number of carbonyl (C=O) groups excluding carboxylic acids is 1. The first-order valence-corrected chi connectivity index (χ1v) is 9.43. The van der Waals surface area contributed by atoms with Crippen LogP contribution in [0.1, 0.15) is 43.0 Å². The van der Waals surface area contributed by atoms with Crippen molar-refractivity contribution in [2.24, 2.45) is 0 Å². The molecular weight excluding hydrogens is 352 g/mol. The van der Waals surface area contributed by atoms with Crippen LogP contribution >= 0.6 is 11.3 Å². The van der Waals surface area contributed by atoms with Crippen LogP contribution in [0, 0.1) is 0 Å². The quantitative estimate of drug-likeness (QED) is 0.620. The van der Waals surface area contributed by atoms with Crippen LogP contribution in [0.2, 0.25) is 0 Å². The number of hydrogen-bond donors (Lipinski definition) is 2. The van der Waals surface area contributed by atoms with Crippen molar-refractivity contribution < 1.29 is 9.90 Å². The molecule has 2 heterocycles. The van der Waals surface area contributed by atoms with E-state index >= 15 is 0 Å². The van der Waals surface area contributed by atoms with Gasteiger partial charge in [-0.15, -0.1) is 10.2 Å². The minimum absolute atomic E-state index is 0.269. The number of nitrogens with one attached hydrogen (secondary N) is 1. The van der Waals surface area contributed by atoms with Crippen LogP contribution in [-0.2, 0) is 6.54 Å². The van der Waals surface area contributed by atoms with Crippen molar-refractivity contribution in [1.82, 2.24) is 14.8 Å². The molecule has 0 aliphatic rings. The number of hydrogen-bond acceptors (Lipinski definition) is 6. The molecule has 0 unspecified atom stereocenters. The Morgan fingerprint density at radius 1 is 1.27 bits per heavy atom. The zero-order valence-corrected chi connectivity index (χ0v) is 15.3. The van der Waals surface area contributed by atoms with Gasteiger partial charge in [-0.3, -0.25) is 14.9 Å². The molecule has 0 spiro atoms. The number of anilines is 1. The van der Waals surface area contributed by atoms with Crippen LogP contribution in [-0.4, -0.2) is 25.8 Å². The van der Waals surface area contributed by atoms with Gasteiger partial charge >= 0.3 is 0 Å². The first-order chi connectivity index (χ1) is 12.6. The summed E-state index contributed by atoms with van der Waals surface area (Å²) < 4.78 is 1.57. The third kappa shape index (κ3) is 3.60. The van der Waals surface area contributed by atoms with Crippen molar-refractivity contribution in [3.05, 3.63) is 45.7 Å². The van der Waals surface area contributed by atoms with E-state index in [4.69, 9.17) is 0 Å². The normalized spacial score (nSPS) is 11.0. The summed E-state index contributed by atoms with van der Waals surface area (Å²) in [6, 6.07) is 7.06. The largest absolute Gasteiger partial charge is 0.506 e. The van der Waals surface area contributed by atoms with Crippen LogP contribution in [0.3, 0.4) is 0 Å². The third-order valence-corrected chi connectivity index (χ3v) is 4.80. The lowest BCUT2D eigenvalue weighted by Crippen LogP contribution is -2.30. The number of pyridine rings is 1. The molecular formula is C18H20N4O3S. The number of fused-ring (bicyclic) bond motifs is 1. The second-order valence-corrected chi connectivity index (χ2v) is 6.79. The summed E-state index contributed by atoms with van der Waals surface area (Å²) in [6.07, 6.45) is 4.03. The van der Waals surface area contributed by atoms with Gasteiger partial charge in [-0.2, -0.15) is 0 Å². The topological polar surface area (TPSA) is 97.1 Å². The standard InChI is InChI=1S/C18H20N4O3S/c1-2-3-4-7-10-22-13-9-6-5-8-12(13)15(23)14(17(22)25)16(24)20-18-21-19-11-26-18/h5-6,8-9,11,23H,2-4,7,10H2,1H3,(H,20,21,24). The van der Waals surface area contributed by atoms with Gasteiger partial charge in [-0.05, 0) is 18.6 Å². The predicted octanol–water partition coefficient (Wildman–Crippen LogP) is 3.39. The number of unbranched alkanes of at least 4 members (excludes halogenated alkanes) is 3. The van der Waals surface area contributed by atoms with E-state index in [1.807, 2.05) is 6.07 Å². The Bertz CT molecular complexity index is 966. The first kappa shape index (κ1) is 18.1. The maximum absolute atomic E-state index is 12.9. The van der Waals surface area contributed by atoms with E-state index in [9.17, 15) is 14.7 Å². The minimum Gasteiger partial charge on any atom is -0.506 e. The second kappa shape index (κ2) is 8.09. The maximum Gasteiger partial charge on any atom is 0.267 e. The van der Waals surface area contributed by atoms with E-state index in [0.717, 1.165) is 37.0 Å². The van der Waals surface area contributed by atoms with Crippen molar-refractivity contribution in [2.75, 3.05) is 5.32 Å². The molecule has 0 aliphatic carbocycles. The van der Waals surface area contributed by atoms with Gasteiger partial charge in [0.25, 0.3) is 11.5 Å². The van der Waals surface area contributed by atoms with Crippen molar-refractivity contribution in [3.8, 4) is 5.75 Å². The number of aromatic nitrogens is 3. The summed E-state index contributed by atoms with van der Waals surface area (Å²) >= 11 is 1.14. The van der Waals surface area contributed by atoms with E-state index in [0.29, 0.717) is 17.4 Å². The van der Waals surface area contributed by atoms with E-state index in [2.05, 4.69) is 22.4 Å². The number of para-hydroxylation sites is 1. The molecule has 26 heavy (non-hydrogen) atoms. The number of nitrogens with zero attached hydrogens (tertiary/aromatic N) is 3. The fourth-order valence-corrected chi connectivity index (χ4v) is 3.34. The molecule has 0 fully saturated rings. The molecule has 0 saturated heterocycles. The predicted molar refractivity (Wildman–Crippen MR) is 102 cm³/mol. The summed E-state index contributed by atoms with van der Waals surface area (Å²) in [5, 5.41) is 21.2. The average molecular weight is 372 g/mol. The number of aromatic hydroxyl groups is 1. The monoisotopic (exact) mass is 372 g/mol. The van der Waals surface area contributed by atoms with Crippen LogP contribution in [0.4, 0.5) is 5.13 Å². The molecule has 2 aromatic heterocycles. The highest BCUT2D eigenvalue weighted by Crippen LogP contribution is 2.27. The van der Waals surface area contributed by atoms with E-state index in [-0.39, 0.29) is 16.4 Å². The van der Waals surface area contributed by atoms with Gasteiger partial charge in [0, 0.05) is 11.9 Å². The summed E-state index contributed by atoms with van der Waals surface area (Å²) in [5.41, 5.74) is 1.33. The van der Waals surface area contributed by atoms with Crippen molar-refractivity contribution in [2.45, 2.75) is 39.2 Å². The molecule has 0 bridgehead atoms. The highest BCUT2D eigenvalue weighted by molar-refractivity contribution is 7.13. The summed E-state index contributed by atoms with van der Waals surface area (Å²) in [4.78, 5) is 25.5. The Morgan fingerprint density at radius 2 is 2.08 bits per heavy atom. The van der Waals surface area contributed by atoms with Crippen molar-refractivity contribution >= 4 is 33.3 Å². The molecule has 3 aromatic rings. The van der Waals surface area contributed by atoms with Crippen molar-refractivity contribution in [3.63, 3.8) is 0 Å². The lowest BCUT2D eigenvalue weighted by molar-refractivity contribution is 0.102. The third-order valence-electron chi connectivity index (χ3n) is 4.19. The second-order valence-electron chi connectivity index (χ2n) is 5.96. The van der Waals surface area contributed by atoms with Gasteiger partial charge in [0.15, 0.2) is 0 Å². The highest BCUT2D eigenvalue weighted by Gasteiger charge is 2.22. The number of carbonyl (C=O) groups is 1. The van der Waals surface area contributed by atoms with Crippen LogP contribution < -0.4 is 10.9 Å². The highest BCUT2D eigenvalue weighted by atomic mass is 32.1. The van der Waals surface area contributed by atoms with E-state index in [1.54, 1.807) is 22.8 Å². The maximum atomic E-state index is 12.9. The van der Waals surface area contributed by atoms with Crippen LogP contribution in [0.5, 0.6) is 5.75 Å². The van der Waals surface area contributed by atoms with Crippen LogP contribution in [0.25, 0.3) is 10.9 Å². The van der Waals surface area contributed by atoms with Gasteiger partial charge in [-0.25, -0.2) is 0 Å². The number of amides is 1. The van der Waals surface area contributed by atoms with Crippen LogP contribution in [0.15, 0.2) is 34.6 Å². The molecule has 0 radical (unpaired) electrons. The van der Waals surface area contributed by atoms with Gasteiger partial charge < -0.3 is 9.67 Å². The Hall–Kier alpha value is -2.74. The lowest BCUT2D eigenvalue weighted by atomic mass is 10.1. The molecule has 8 heteroatoms. The SMILES string of the molecule is CCCCCCn1c(=O)c(C(=O)Nc2nncs2)c(O)c2ccccc21. The Balaban J connectivity index is 2.04. The molecule has 0 atom stereocenters. The Kier molecular flexibility index (Phi) is 5.62. The Labute approximate surface area is 154 Å². The van der Waals surface area contributed by atoms with Gasteiger partial charge in [-0.1, -0.05) is 49.7 Å². The zero-order valence-electron chi connectivity index (χ0n) is 14.4. The molecule has 0 saturated carbocycles. The first-order valence-electron chi connectivity index (χ1n) is 8.55. The summed E-state index contributed by atoms with van der Waals surface area (Å²) in [6.45, 7) is 2.62. The molecule has 3 rings (SSSR count). The van der Waals surface area contributed by atoms with E-state index in [1.165, 1.54) is 5.51 Å². The molecule has 7 nitrogen and oxygen atoms in total. The molecule has 1 amide bonds. The smallest absolute Gasteiger partial charge is 0.267 e. The van der Waals surface area contributed by atoms with E-state index < -0.39 is 11.5 Å². The number of rotatable bonds is 7. The van der Waals surface area contributed by atoms with Gasteiger partial charge in [0.1, 0.15) is 16.8 Å². The minimum atomic E-state index is -0.683. The Morgan fingerprint density at radius 3 is 2.81 bits per heavy atom. The number of benzene rings is 1. The summed E-state index contributed by atoms with van der Waals surface area (Å²) in [5.74, 6) is -0.991. The van der Waals surface area contributed by atoms with Gasteiger partial charge in [0.2, 0.25) is 5.13 Å². The fourth-order valence-electron chi connectivity index (χ4n) is 2.90. The molecule has 2 N–H and O–H groups in total.